The fourth-order valence-corrected chi connectivity index (χ4v) is 3.32. The second kappa shape index (κ2) is 9.64. The zero-order valence-electron chi connectivity index (χ0n) is 15.6. The minimum atomic E-state index is -0.510. The number of halogens is 2. The van der Waals surface area contributed by atoms with Crippen molar-refractivity contribution in [3.05, 3.63) is 35.4 Å². The van der Waals surface area contributed by atoms with Crippen LogP contribution >= 0.6 is 0 Å². The monoisotopic (exact) mass is 366 g/mol. The molecule has 1 N–H and O–H groups in total. The zero-order valence-corrected chi connectivity index (χ0v) is 15.6. The van der Waals surface area contributed by atoms with Crippen LogP contribution in [0.25, 0.3) is 0 Å². The highest BCUT2D eigenvalue weighted by Crippen LogP contribution is 2.23. The Bertz CT molecular complexity index is 636. The van der Waals surface area contributed by atoms with Gasteiger partial charge in [0, 0.05) is 25.6 Å². The van der Waals surface area contributed by atoms with Crippen molar-refractivity contribution in [2.24, 2.45) is 5.92 Å². The number of carbonyl (C=O) groups is 2. The number of carbonyl (C=O) groups excluding carboxylic acids is 2. The number of nitrogens with one attached hydrogen (secondary N) is 1. The number of benzene rings is 1. The minimum absolute atomic E-state index is 0.000625. The van der Waals surface area contributed by atoms with Crippen LogP contribution in [0, 0.1) is 17.6 Å². The van der Waals surface area contributed by atoms with Crippen molar-refractivity contribution in [3.63, 3.8) is 0 Å². The highest BCUT2D eigenvalue weighted by atomic mass is 19.1. The summed E-state index contributed by atoms with van der Waals surface area (Å²) in [4.78, 5) is 26.6. The first-order valence-corrected chi connectivity index (χ1v) is 9.43. The van der Waals surface area contributed by atoms with Crippen LogP contribution < -0.4 is 5.32 Å². The molecule has 0 aliphatic carbocycles. The third kappa shape index (κ3) is 5.51. The van der Waals surface area contributed by atoms with Gasteiger partial charge < -0.3 is 10.2 Å². The first-order chi connectivity index (χ1) is 12.4. The van der Waals surface area contributed by atoms with Crippen molar-refractivity contribution in [1.82, 2.24) is 10.2 Å². The molecule has 0 saturated carbocycles. The van der Waals surface area contributed by atoms with Crippen LogP contribution in [0.4, 0.5) is 8.78 Å². The largest absolute Gasteiger partial charge is 0.356 e. The maximum atomic E-state index is 13.7. The minimum Gasteiger partial charge on any atom is -0.356 e. The van der Waals surface area contributed by atoms with Gasteiger partial charge in [-0.05, 0) is 56.4 Å². The van der Waals surface area contributed by atoms with E-state index in [9.17, 15) is 18.4 Å². The van der Waals surface area contributed by atoms with Crippen molar-refractivity contribution in [1.29, 1.82) is 0 Å². The van der Waals surface area contributed by atoms with Gasteiger partial charge in [-0.3, -0.25) is 9.59 Å². The smallest absolute Gasteiger partial charge is 0.224 e. The molecule has 2 amide bonds. The molecule has 2 unspecified atom stereocenters. The fraction of sp³-hybridized carbons (Fsp3) is 0.600. The van der Waals surface area contributed by atoms with E-state index < -0.39 is 11.6 Å². The second-order valence-corrected chi connectivity index (χ2v) is 7.05. The lowest BCUT2D eigenvalue weighted by molar-refractivity contribution is -0.138. The van der Waals surface area contributed by atoms with Crippen LogP contribution in [0.5, 0.6) is 0 Å². The molecule has 4 nitrogen and oxygen atoms in total. The molecule has 1 aliphatic rings. The van der Waals surface area contributed by atoms with Gasteiger partial charge in [0.15, 0.2) is 0 Å². The summed E-state index contributed by atoms with van der Waals surface area (Å²) in [5.41, 5.74) is 0.205. The van der Waals surface area contributed by atoms with E-state index >= 15 is 0 Å². The number of hydrogen-bond acceptors (Lipinski definition) is 2. The number of nitrogens with zero attached hydrogens (tertiary/aromatic N) is 1. The summed E-state index contributed by atoms with van der Waals surface area (Å²) in [6.07, 6.45) is 3.75. The Morgan fingerprint density at radius 1 is 1.27 bits per heavy atom. The number of aryl methyl sites for hydroxylation is 1. The Morgan fingerprint density at radius 2 is 2.04 bits per heavy atom. The molecule has 0 spiro atoms. The summed E-state index contributed by atoms with van der Waals surface area (Å²) in [6, 6.07) is 3.33. The van der Waals surface area contributed by atoms with Crippen molar-refractivity contribution in [2.75, 3.05) is 13.1 Å². The van der Waals surface area contributed by atoms with Crippen LogP contribution in [-0.4, -0.2) is 35.8 Å². The first-order valence-electron chi connectivity index (χ1n) is 9.43. The molecule has 1 fully saturated rings. The summed E-state index contributed by atoms with van der Waals surface area (Å²) in [7, 11) is 0. The zero-order chi connectivity index (χ0) is 19.1. The number of piperidine rings is 1. The van der Waals surface area contributed by atoms with Gasteiger partial charge in [0.05, 0.1) is 5.92 Å². The van der Waals surface area contributed by atoms with Gasteiger partial charge in [0.25, 0.3) is 0 Å². The Labute approximate surface area is 153 Å². The van der Waals surface area contributed by atoms with Crippen molar-refractivity contribution in [2.45, 2.75) is 58.4 Å². The standard InChI is InChI=1S/C20H28F2N2O2/c1-3-4-11-23-20(26)16-6-5-14(2)24(13-16)19(25)10-7-15-12-17(21)8-9-18(15)22/h8-9,12,14,16H,3-7,10-11,13H2,1-2H3,(H,23,26). The molecular weight excluding hydrogens is 338 g/mol. The number of hydrogen-bond donors (Lipinski definition) is 1. The van der Waals surface area contributed by atoms with Crippen LogP contribution in [0.3, 0.4) is 0 Å². The van der Waals surface area contributed by atoms with Gasteiger partial charge in [-0.15, -0.1) is 0 Å². The maximum Gasteiger partial charge on any atom is 0.224 e. The van der Waals surface area contributed by atoms with E-state index in [0.29, 0.717) is 13.1 Å². The third-order valence-corrected chi connectivity index (χ3v) is 5.02. The van der Waals surface area contributed by atoms with Crippen LogP contribution in [0.15, 0.2) is 18.2 Å². The Morgan fingerprint density at radius 3 is 2.77 bits per heavy atom. The highest BCUT2D eigenvalue weighted by Gasteiger charge is 2.32. The highest BCUT2D eigenvalue weighted by molar-refractivity contribution is 5.81. The molecule has 0 bridgehead atoms. The van der Waals surface area contributed by atoms with Crippen LogP contribution in [0.1, 0.15) is 51.5 Å². The van der Waals surface area contributed by atoms with Crippen molar-refractivity contribution >= 4 is 11.8 Å². The molecule has 1 aromatic carbocycles. The lowest BCUT2D eigenvalue weighted by Gasteiger charge is -2.37. The number of amides is 2. The van der Waals surface area contributed by atoms with Crippen LogP contribution in [-0.2, 0) is 16.0 Å². The Kier molecular flexibility index (Phi) is 7.54. The van der Waals surface area contributed by atoms with E-state index in [2.05, 4.69) is 12.2 Å². The topological polar surface area (TPSA) is 49.4 Å². The summed E-state index contributed by atoms with van der Waals surface area (Å²) in [5, 5.41) is 2.93. The lowest BCUT2D eigenvalue weighted by atomic mass is 9.92. The molecule has 2 rings (SSSR count). The quantitative estimate of drug-likeness (QED) is 0.752. The summed E-state index contributed by atoms with van der Waals surface area (Å²) in [5.74, 6) is -1.33. The van der Waals surface area contributed by atoms with Gasteiger partial charge in [-0.2, -0.15) is 0 Å². The van der Waals surface area contributed by atoms with E-state index in [1.165, 1.54) is 0 Å². The lowest BCUT2D eigenvalue weighted by Crippen LogP contribution is -2.49. The normalized spacial score (nSPS) is 20.1. The summed E-state index contributed by atoms with van der Waals surface area (Å²) >= 11 is 0. The molecule has 1 heterocycles. The SMILES string of the molecule is CCCCNC(=O)C1CCC(C)N(C(=O)CCc2cc(F)ccc2F)C1. The van der Waals surface area contributed by atoms with Gasteiger partial charge in [-0.25, -0.2) is 8.78 Å². The third-order valence-electron chi connectivity index (χ3n) is 5.02. The molecule has 6 heteroatoms. The molecule has 1 saturated heterocycles. The number of unbranched alkanes of at least 4 members (excludes halogenated alkanes) is 1. The first kappa shape index (κ1) is 20.3. The number of likely N-dealkylation sites (tertiary alicyclic amines) is 1. The van der Waals surface area contributed by atoms with E-state index in [4.69, 9.17) is 0 Å². The molecule has 144 valence electrons. The maximum absolute atomic E-state index is 13.7. The van der Waals surface area contributed by atoms with Gasteiger partial charge in [0.2, 0.25) is 11.8 Å². The Hall–Kier alpha value is -1.98. The average Bonchev–Trinajstić information content (AvgIpc) is 2.62. The summed E-state index contributed by atoms with van der Waals surface area (Å²) in [6.45, 7) is 5.08. The predicted octanol–water partition coefficient (Wildman–Crippen LogP) is 3.44. The van der Waals surface area contributed by atoms with Crippen LogP contribution in [0.2, 0.25) is 0 Å². The molecule has 0 aromatic heterocycles. The van der Waals surface area contributed by atoms with Gasteiger partial charge >= 0.3 is 0 Å². The van der Waals surface area contributed by atoms with Crippen molar-refractivity contribution < 1.29 is 18.4 Å². The average molecular weight is 366 g/mol. The van der Waals surface area contributed by atoms with E-state index in [-0.39, 0.29) is 42.2 Å². The molecule has 2 atom stereocenters. The van der Waals surface area contributed by atoms with Crippen molar-refractivity contribution in [3.8, 4) is 0 Å². The van der Waals surface area contributed by atoms with E-state index in [0.717, 1.165) is 43.9 Å². The second-order valence-electron chi connectivity index (χ2n) is 7.05. The van der Waals surface area contributed by atoms with Gasteiger partial charge in [0.1, 0.15) is 11.6 Å². The molecule has 1 aromatic rings. The molecule has 1 aliphatic heterocycles. The number of rotatable bonds is 7. The fourth-order valence-electron chi connectivity index (χ4n) is 3.32. The predicted molar refractivity (Wildman–Crippen MR) is 96.5 cm³/mol. The summed E-state index contributed by atoms with van der Waals surface area (Å²) < 4.78 is 27.0. The van der Waals surface area contributed by atoms with Gasteiger partial charge in [-0.1, -0.05) is 13.3 Å². The molecular formula is C20H28F2N2O2. The molecule has 0 radical (unpaired) electrons. The molecule has 26 heavy (non-hydrogen) atoms. The van der Waals surface area contributed by atoms with E-state index in [1.54, 1.807) is 4.90 Å². The Balaban J connectivity index is 1.91. The van der Waals surface area contributed by atoms with E-state index in [1.807, 2.05) is 6.92 Å².